The quantitative estimate of drug-likeness (QED) is 0.0359. The summed E-state index contributed by atoms with van der Waals surface area (Å²) in [4.78, 5) is 119. The average Bonchev–Trinajstić information content (AvgIpc) is 3.47. The maximum atomic E-state index is 15.4. The molecule has 0 aromatic heterocycles. The fraction of sp³-hybridized carbons (Fsp3) is 0.369. The maximum absolute atomic E-state index is 15.4. The fourth-order valence-corrected chi connectivity index (χ4v) is 8.42. The summed E-state index contributed by atoms with van der Waals surface area (Å²) >= 11 is 0. The summed E-state index contributed by atoms with van der Waals surface area (Å²) < 4.78 is 0. The normalized spacial score (nSPS) is 12.3. The van der Waals surface area contributed by atoms with Crippen molar-refractivity contribution in [1.82, 2.24) is 0 Å². The lowest BCUT2D eigenvalue weighted by Gasteiger charge is -2.25. The highest BCUT2D eigenvalue weighted by molar-refractivity contribution is 6.21. The molecule has 0 unspecified atom stereocenters. The summed E-state index contributed by atoms with van der Waals surface area (Å²) in [6, 6.07) is 38.1. The summed E-state index contributed by atoms with van der Waals surface area (Å²) in [7, 11) is 0. The molecule has 6 aromatic rings. The first-order chi connectivity index (χ1) is 36.5. The molecular formula is C65H74O13. The van der Waals surface area contributed by atoms with Crippen molar-refractivity contribution in [2.24, 2.45) is 0 Å². The number of carbonyl (C=O) groups excluding carboxylic acids is 5. The van der Waals surface area contributed by atoms with Crippen molar-refractivity contribution in [3.8, 4) is 0 Å². The van der Waals surface area contributed by atoms with Crippen LogP contribution in [0.3, 0.4) is 0 Å². The third kappa shape index (κ3) is 14.2. The van der Waals surface area contributed by atoms with Crippen molar-refractivity contribution in [2.45, 2.75) is 157 Å². The van der Waals surface area contributed by atoms with Gasteiger partial charge in [-0.1, -0.05) is 177 Å². The summed E-state index contributed by atoms with van der Waals surface area (Å²) in [5.74, 6) is -4.84. The van der Waals surface area contributed by atoms with Gasteiger partial charge in [0.15, 0.2) is 5.78 Å². The maximum Gasteiger partial charge on any atom is 0.374 e. The fourth-order valence-electron chi connectivity index (χ4n) is 8.42. The van der Waals surface area contributed by atoms with Crippen molar-refractivity contribution in [3.63, 3.8) is 0 Å². The highest BCUT2D eigenvalue weighted by atomic mass is 17.2. The van der Waals surface area contributed by atoms with Crippen LogP contribution in [0.5, 0.6) is 0 Å². The molecule has 0 N–H and O–H groups in total. The van der Waals surface area contributed by atoms with E-state index in [0.717, 1.165) is 22.3 Å². The zero-order valence-corrected chi connectivity index (χ0v) is 47.8. The van der Waals surface area contributed by atoms with E-state index in [0.29, 0.717) is 22.3 Å². The van der Waals surface area contributed by atoms with Gasteiger partial charge in [-0.05, 0) is 136 Å². The van der Waals surface area contributed by atoms with Crippen LogP contribution in [-0.4, -0.2) is 29.7 Å². The van der Waals surface area contributed by atoms with E-state index >= 15 is 4.79 Å². The van der Waals surface area contributed by atoms with Gasteiger partial charge in [0, 0.05) is 11.1 Å². The Bertz CT molecular complexity index is 2880. The lowest BCUT2D eigenvalue weighted by atomic mass is 9.90. The minimum absolute atomic E-state index is 0.257. The van der Waals surface area contributed by atoms with Gasteiger partial charge in [0.2, 0.25) is 0 Å². The zero-order valence-electron chi connectivity index (χ0n) is 47.8. The highest BCUT2D eigenvalue weighted by Gasteiger charge is 2.37. The van der Waals surface area contributed by atoms with Crippen LogP contribution in [0, 0.1) is 0 Å². The molecular weight excluding hydrogens is 989 g/mol. The molecule has 0 heterocycles. The second-order valence-corrected chi connectivity index (χ2v) is 22.7. The van der Waals surface area contributed by atoms with Crippen LogP contribution in [0.25, 0.3) is 0 Å². The SMILES string of the molecule is CC(C)c1ccc(C(C)(C)OOC(=O)c2cccc(C(=O)c3cccc(C(=O)OOC(C)(C)c4ccc(C(C)C)cc4)c3C(=O)OOC(C)(C)c3ccc(C(C)C)cc3)c2C(=O)OOC(C)(C)c2ccc(C(C)C)cc2)cc1. The van der Waals surface area contributed by atoms with E-state index in [1.165, 1.54) is 36.4 Å². The van der Waals surface area contributed by atoms with Crippen LogP contribution in [0.15, 0.2) is 133 Å². The molecule has 0 radical (unpaired) electrons. The van der Waals surface area contributed by atoms with Crippen molar-refractivity contribution in [2.75, 3.05) is 0 Å². The van der Waals surface area contributed by atoms with E-state index in [1.54, 1.807) is 55.4 Å². The molecule has 412 valence electrons. The second-order valence-electron chi connectivity index (χ2n) is 22.7. The van der Waals surface area contributed by atoms with E-state index in [-0.39, 0.29) is 23.7 Å². The molecule has 0 aliphatic heterocycles. The summed E-state index contributed by atoms with van der Waals surface area (Å²) in [6.45, 7) is 30.1. The Balaban J connectivity index is 1.42. The number of ketones is 1. The van der Waals surface area contributed by atoms with Crippen LogP contribution in [0.4, 0.5) is 0 Å². The molecule has 6 aromatic carbocycles. The molecule has 0 spiro atoms. The summed E-state index contributed by atoms with van der Waals surface area (Å²) in [6.07, 6.45) is 0. The van der Waals surface area contributed by atoms with Gasteiger partial charge in [0.1, 0.15) is 22.4 Å². The van der Waals surface area contributed by atoms with E-state index in [1.807, 2.05) is 97.1 Å². The molecule has 0 fully saturated rings. The van der Waals surface area contributed by atoms with Gasteiger partial charge in [-0.3, -0.25) is 24.3 Å². The Kier molecular flexibility index (Phi) is 18.9. The van der Waals surface area contributed by atoms with Gasteiger partial charge >= 0.3 is 23.9 Å². The Labute approximate surface area is 459 Å². The largest absolute Gasteiger partial charge is 0.374 e. The zero-order chi connectivity index (χ0) is 57.5. The molecule has 0 amide bonds. The van der Waals surface area contributed by atoms with E-state index in [2.05, 4.69) is 55.4 Å². The first kappa shape index (κ1) is 59.9. The van der Waals surface area contributed by atoms with Gasteiger partial charge in [0.05, 0.1) is 22.3 Å². The Morgan fingerprint density at radius 1 is 0.295 bits per heavy atom. The van der Waals surface area contributed by atoms with Crippen molar-refractivity contribution in [3.05, 3.63) is 211 Å². The molecule has 0 saturated carbocycles. The van der Waals surface area contributed by atoms with E-state index in [9.17, 15) is 19.2 Å². The average molecular weight is 1060 g/mol. The second kappa shape index (κ2) is 24.6. The first-order valence-corrected chi connectivity index (χ1v) is 26.4. The number of hydrogen-bond acceptors (Lipinski definition) is 13. The summed E-state index contributed by atoms with van der Waals surface area (Å²) in [5.41, 5.74) is -0.856. The van der Waals surface area contributed by atoms with Gasteiger partial charge in [0.25, 0.3) is 0 Å². The highest BCUT2D eigenvalue weighted by Crippen LogP contribution is 2.34. The Hall–Kier alpha value is -7.29. The van der Waals surface area contributed by atoms with Gasteiger partial charge in [-0.2, -0.15) is 19.6 Å². The monoisotopic (exact) mass is 1060 g/mol. The number of carbonyl (C=O) groups is 5. The Morgan fingerprint density at radius 3 is 0.718 bits per heavy atom. The molecule has 0 atom stereocenters. The molecule has 0 aliphatic rings. The van der Waals surface area contributed by atoms with Crippen LogP contribution in [0.1, 0.15) is 236 Å². The van der Waals surface area contributed by atoms with E-state index < -0.39 is 85.4 Å². The Morgan fingerprint density at radius 2 is 0.500 bits per heavy atom. The number of benzene rings is 6. The lowest BCUT2D eigenvalue weighted by Crippen LogP contribution is -2.28. The van der Waals surface area contributed by atoms with Gasteiger partial charge < -0.3 is 0 Å². The number of rotatable bonds is 22. The molecule has 0 saturated heterocycles. The third-order valence-corrected chi connectivity index (χ3v) is 13.9. The smallest absolute Gasteiger partial charge is 0.292 e. The van der Waals surface area contributed by atoms with Crippen molar-refractivity contribution < 1.29 is 63.1 Å². The van der Waals surface area contributed by atoms with Crippen molar-refractivity contribution in [1.29, 1.82) is 0 Å². The topological polar surface area (TPSA) is 159 Å². The number of hydrogen-bond donors (Lipinski definition) is 0. The van der Waals surface area contributed by atoms with E-state index in [4.69, 9.17) is 39.1 Å². The van der Waals surface area contributed by atoms with Crippen LogP contribution in [0.2, 0.25) is 0 Å². The van der Waals surface area contributed by atoms with Crippen LogP contribution in [-0.2, 0) is 61.5 Å². The predicted molar refractivity (Wildman–Crippen MR) is 297 cm³/mol. The predicted octanol–water partition coefficient (Wildman–Crippen LogP) is 15.5. The summed E-state index contributed by atoms with van der Waals surface area (Å²) in [5, 5.41) is 0. The lowest BCUT2D eigenvalue weighted by molar-refractivity contribution is -0.313. The van der Waals surface area contributed by atoms with Crippen LogP contribution >= 0.6 is 0 Å². The first-order valence-electron chi connectivity index (χ1n) is 26.4. The van der Waals surface area contributed by atoms with Crippen LogP contribution < -0.4 is 0 Å². The van der Waals surface area contributed by atoms with Gasteiger partial charge in [-0.25, -0.2) is 19.2 Å². The minimum atomic E-state index is -1.27. The molecule has 78 heavy (non-hydrogen) atoms. The molecule has 6 rings (SSSR count). The standard InChI is InChI=1S/C65H74O13/c1-39(2)43-23-31-47(32-24-43)62(9,10)75-71-58(67)53-21-17-19-51(55(53)60(69)73-77-64(13,14)49-35-27-45(28-36-49)41(5)6)57(66)52-20-18-22-54(59(68)72-76-63(11,12)48-33-25-44(26-34-48)40(3)4)56(52)61(70)74-78-65(15,16)50-37-29-46(30-38-50)42(7)8/h17-42H,1-16H3. The molecule has 13 nitrogen and oxygen atoms in total. The third-order valence-electron chi connectivity index (χ3n) is 13.9. The molecule has 0 bridgehead atoms. The molecule has 13 heteroatoms. The minimum Gasteiger partial charge on any atom is -0.292 e. The van der Waals surface area contributed by atoms with Crippen molar-refractivity contribution >= 4 is 29.7 Å². The van der Waals surface area contributed by atoms with Gasteiger partial charge in [-0.15, -0.1) is 0 Å². The molecule has 0 aliphatic carbocycles.